The predicted octanol–water partition coefficient (Wildman–Crippen LogP) is 3.61. The molecular weight excluding hydrogens is 200 g/mol. The highest BCUT2D eigenvalue weighted by Crippen LogP contribution is 2.18. The van der Waals surface area contributed by atoms with Crippen molar-refractivity contribution >= 4 is 21.5 Å². The molecule has 0 saturated carbocycles. The second kappa shape index (κ2) is 3.72. The van der Waals surface area contributed by atoms with Gasteiger partial charge in [0.1, 0.15) is 0 Å². The van der Waals surface area contributed by atoms with Crippen molar-refractivity contribution in [2.45, 2.75) is 12.3 Å². The van der Waals surface area contributed by atoms with Gasteiger partial charge in [-0.15, -0.1) is 0 Å². The average Bonchev–Trinajstić information content (AvgIpc) is 2.04. The van der Waals surface area contributed by atoms with Crippen LogP contribution in [0.4, 0.5) is 0 Å². The molecule has 0 saturated heterocycles. The molecule has 1 aromatic carbocycles. The van der Waals surface area contributed by atoms with Crippen molar-refractivity contribution < 1.29 is 0 Å². The van der Waals surface area contributed by atoms with E-state index in [1.54, 1.807) is 0 Å². The van der Waals surface area contributed by atoms with E-state index in [1.165, 1.54) is 11.1 Å². The molecule has 58 valence electrons. The van der Waals surface area contributed by atoms with Gasteiger partial charge in [-0.3, -0.25) is 0 Å². The maximum absolute atomic E-state index is 3.91. The second-order valence-electron chi connectivity index (χ2n) is 2.57. The fourth-order valence-electron chi connectivity index (χ4n) is 1.05. The first-order valence-corrected chi connectivity index (χ1v) is 4.67. The van der Waals surface area contributed by atoms with Crippen molar-refractivity contribution in [1.29, 1.82) is 0 Å². The third-order valence-electron chi connectivity index (χ3n) is 1.62. The lowest BCUT2D eigenvalue weighted by molar-refractivity contribution is 1.39. The first-order chi connectivity index (χ1) is 5.25. The third-order valence-corrected chi connectivity index (χ3v) is 2.23. The highest BCUT2D eigenvalue weighted by atomic mass is 79.9. The second-order valence-corrected chi connectivity index (χ2v) is 3.13. The summed E-state index contributed by atoms with van der Waals surface area (Å²) in [6.45, 7) is 5.94. The molecule has 1 heteroatoms. The smallest absolute Gasteiger partial charge is 0.0289 e. The van der Waals surface area contributed by atoms with E-state index < -0.39 is 0 Å². The van der Waals surface area contributed by atoms with E-state index in [0.29, 0.717) is 0 Å². The molecule has 0 N–H and O–H groups in total. The minimum Gasteiger partial charge on any atom is -0.0955 e. The van der Waals surface area contributed by atoms with Gasteiger partial charge in [-0.05, 0) is 18.1 Å². The van der Waals surface area contributed by atoms with Crippen LogP contribution in [0.5, 0.6) is 0 Å². The maximum Gasteiger partial charge on any atom is 0.0289 e. The molecule has 0 nitrogen and oxygen atoms in total. The van der Waals surface area contributed by atoms with Crippen LogP contribution in [0.2, 0.25) is 0 Å². The van der Waals surface area contributed by atoms with E-state index in [2.05, 4.69) is 34.6 Å². The van der Waals surface area contributed by atoms with E-state index in [4.69, 9.17) is 0 Å². The van der Waals surface area contributed by atoms with E-state index in [9.17, 15) is 0 Å². The third kappa shape index (κ3) is 1.93. The monoisotopic (exact) mass is 210 g/mol. The number of hydrogen-bond donors (Lipinski definition) is 0. The standard InChI is InChI=1S/C10H11Br/c1-8(2)10-6-4-3-5-9(10)7-11/h3-6H,1,7H2,2H3. The van der Waals surface area contributed by atoms with Crippen molar-refractivity contribution in [1.82, 2.24) is 0 Å². The molecule has 0 aliphatic carbocycles. The molecule has 1 rings (SSSR count). The quantitative estimate of drug-likeness (QED) is 0.655. The van der Waals surface area contributed by atoms with Gasteiger partial charge in [0.2, 0.25) is 0 Å². The highest BCUT2D eigenvalue weighted by molar-refractivity contribution is 9.08. The first kappa shape index (κ1) is 8.54. The van der Waals surface area contributed by atoms with E-state index in [-0.39, 0.29) is 0 Å². The normalized spacial score (nSPS) is 9.64. The van der Waals surface area contributed by atoms with Crippen LogP contribution >= 0.6 is 15.9 Å². The molecule has 11 heavy (non-hydrogen) atoms. The lowest BCUT2D eigenvalue weighted by Crippen LogP contribution is -1.85. The van der Waals surface area contributed by atoms with Crippen molar-refractivity contribution in [2.75, 3.05) is 0 Å². The maximum atomic E-state index is 3.91. The predicted molar refractivity (Wildman–Crippen MR) is 53.8 cm³/mol. The summed E-state index contributed by atoms with van der Waals surface area (Å²) in [5.74, 6) is 0. The first-order valence-electron chi connectivity index (χ1n) is 3.55. The number of halogens is 1. The van der Waals surface area contributed by atoms with E-state index >= 15 is 0 Å². The highest BCUT2D eigenvalue weighted by Gasteiger charge is 1.98. The Morgan fingerprint density at radius 2 is 2.09 bits per heavy atom. The molecule has 0 bridgehead atoms. The summed E-state index contributed by atoms with van der Waals surface area (Å²) in [4.78, 5) is 0. The molecule has 0 aromatic heterocycles. The van der Waals surface area contributed by atoms with Gasteiger partial charge in [-0.25, -0.2) is 0 Å². The molecule has 0 amide bonds. The zero-order valence-electron chi connectivity index (χ0n) is 6.60. The van der Waals surface area contributed by atoms with Crippen molar-refractivity contribution in [3.8, 4) is 0 Å². The summed E-state index contributed by atoms with van der Waals surface area (Å²) < 4.78 is 0. The number of benzene rings is 1. The number of rotatable bonds is 2. The Morgan fingerprint density at radius 1 is 1.45 bits per heavy atom. The Labute approximate surface area is 76.1 Å². The Balaban J connectivity index is 3.12. The Bertz CT molecular complexity index is 263. The molecule has 1 aromatic rings. The summed E-state index contributed by atoms with van der Waals surface area (Å²) in [6.07, 6.45) is 0. The topological polar surface area (TPSA) is 0 Å². The van der Waals surface area contributed by atoms with Crippen LogP contribution in [-0.2, 0) is 5.33 Å². The molecule has 0 aliphatic heterocycles. The Hall–Kier alpha value is -0.560. The minimum atomic E-state index is 0.899. The number of hydrogen-bond acceptors (Lipinski definition) is 0. The van der Waals surface area contributed by atoms with Gasteiger partial charge in [0, 0.05) is 5.33 Å². The van der Waals surface area contributed by atoms with E-state index in [1.807, 2.05) is 19.1 Å². The SMILES string of the molecule is C=C(C)c1ccccc1CBr. The van der Waals surface area contributed by atoms with Crippen LogP contribution in [0.15, 0.2) is 30.8 Å². The fraction of sp³-hybridized carbons (Fsp3) is 0.200. The van der Waals surface area contributed by atoms with Crippen LogP contribution in [0, 0.1) is 0 Å². The van der Waals surface area contributed by atoms with Gasteiger partial charge in [-0.1, -0.05) is 52.3 Å². The van der Waals surface area contributed by atoms with Gasteiger partial charge in [-0.2, -0.15) is 0 Å². The van der Waals surface area contributed by atoms with Gasteiger partial charge in [0.25, 0.3) is 0 Å². The molecule has 0 radical (unpaired) electrons. The zero-order valence-corrected chi connectivity index (χ0v) is 8.19. The molecule has 0 aliphatic rings. The summed E-state index contributed by atoms with van der Waals surface area (Å²) in [6, 6.07) is 8.29. The molecule has 0 spiro atoms. The van der Waals surface area contributed by atoms with Gasteiger partial charge < -0.3 is 0 Å². The Morgan fingerprint density at radius 3 is 2.55 bits per heavy atom. The summed E-state index contributed by atoms with van der Waals surface area (Å²) in [5.41, 5.74) is 3.68. The molecule has 0 heterocycles. The summed E-state index contributed by atoms with van der Waals surface area (Å²) in [7, 11) is 0. The lowest BCUT2D eigenvalue weighted by Gasteiger charge is -2.04. The van der Waals surface area contributed by atoms with E-state index in [0.717, 1.165) is 10.9 Å². The van der Waals surface area contributed by atoms with Crippen LogP contribution in [-0.4, -0.2) is 0 Å². The van der Waals surface area contributed by atoms with Crippen LogP contribution in [0.25, 0.3) is 5.57 Å². The van der Waals surface area contributed by atoms with Crippen LogP contribution in [0.1, 0.15) is 18.1 Å². The largest absolute Gasteiger partial charge is 0.0955 e. The minimum absolute atomic E-state index is 0.899. The molecular formula is C10H11Br. The fourth-order valence-corrected chi connectivity index (χ4v) is 1.54. The lowest BCUT2D eigenvalue weighted by atomic mass is 10.0. The Kier molecular flexibility index (Phi) is 2.89. The summed E-state index contributed by atoms with van der Waals surface area (Å²) >= 11 is 3.44. The van der Waals surface area contributed by atoms with Gasteiger partial charge in [0.05, 0.1) is 0 Å². The number of allylic oxidation sites excluding steroid dienone is 1. The molecule has 0 unspecified atom stereocenters. The number of alkyl halides is 1. The van der Waals surface area contributed by atoms with Gasteiger partial charge >= 0.3 is 0 Å². The van der Waals surface area contributed by atoms with Gasteiger partial charge in [0.15, 0.2) is 0 Å². The zero-order chi connectivity index (χ0) is 8.27. The average molecular weight is 211 g/mol. The van der Waals surface area contributed by atoms with Crippen LogP contribution in [0.3, 0.4) is 0 Å². The van der Waals surface area contributed by atoms with Crippen molar-refractivity contribution in [3.63, 3.8) is 0 Å². The molecule has 0 atom stereocenters. The molecule has 0 fully saturated rings. The van der Waals surface area contributed by atoms with Crippen LogP contribution < -0.4 is 0 Å². The van der Waals surface area contributed by atoms with Crippen molar-refractivity contribution in [2.24, 2.45) is 0 Å². The van der Waals surface area contributed by atoms with Crippen molar-refractivity contribution in [3.05, 3.63) is 42.0 Å². The summed E-state index contributed by atoms with van der Waals surface area (Å²) in [5, 5.41) is 0.899.